The lowest BCUT2D eigenvalue weighted by Gasteiger charge is -2.33. The molecule has 196 valence electrons. The second-order valence-corrected chi connectivity index (χ2v) is 13.8. The Bertz CT molecular complexity index is 1050. The highest BCUT2D eigenvalue weighted by molar-refractivity contribution is 6.74. The molecular formula is C21H32N6O7Si2. The summed E-state index contributed by atoms with van der Waals surface area (Å²) in [6, 6.07) is 6.39. The summed E-state index contributed by atoms with van der Waals surface area (Å²) in [4.78, 5) is 44.4. The van der Waals surface area contributed by atoms with E-state index in [9.17, 15) is 14.4 Å². The van der Waals surface area contributed by atoms with Gasteiger partial charge in [-0.3, -0.25) is 9.97 Å². The van der Waals surface area contributed by atoms with E-state index in [-0.39, 0.29) is 12.6 Å². The van der Waals surface area contributed by atoms with Gasteiger partial charge in [0.25, 0.3) is 0 Å². The van der Waals surface area contributed by atoms with Gasteiger partial charge in [0.15, 0.2) is 0 Å². The molecule has 0 saturated heterocycles. The van der Waals surface area contributed by atoms with Crippen molar-refractivity contribution in [3.05, 3.63) is 36.7 Å². The van der Waals surface area contributed by atoms with E-state index in [0.717, 1.165) is 0 Å². The van der Waals surface area contributed by atoms with Crippen molar-refractivity contribution in [1.29, 1.82) is 0 Å². The molecule has 0 saturated carbocycles. The molecule has 36 heavy (non-hydrogen) atoms. The lowest BCUT2D eigenvalue weighted by Crippen LogP contribution is -2.56. The zero-order chi connectivity index (χ0) is 26.0. The number of rotatable bonds is 3. The van der Waals surface area contributed by atoms with Crippen molar-refractivity contribution in [2.75, 3.05) is 45.1 Å². The van der Waals surface area contributed by atoms with Crippen LogP contribution in [0.2, 0.25) is 12.1 Å². The maximum absolute atomic E-state index is 12.4. The molecule has 3 heterocycles. The number of pyridine rings is 2. The summed E-state index contributed by atoms with van der Waals surface area (Å²) in [5.74, 6) is 0. The Kier molecular flexibility index (Phi) is 9.88. The highest BCUT2D eigenvalue weighted by Gasteiger charge is 2.49. The Balaban J connectivity index is 1.81. The molecule has 1 aliphatic heterocycles. The predicted molar refractivity (Wildman–Crippen MR) is 136 cm³/mol. The zero-order valence-electron chi connectivity index (χ0n) is 20.5. The van der Waals surface area contributed by atoms with Gasteiger partial charge in [-0.1, -0.05) is 0 Å². The van der Waals surface area contributed by atoms with Gasteiger partial charge in [0.2, 0.25) is 0 Å². The standard InChI is InChI=1S/C21H32N6O7Si2/c1-31-35(30)12-4-8-24-20(28)26-16-6-10-22-18(14-16)19-15-17(7-11-23-19)27-21(29)25-9-5-13-36(32-2,33-3)34-35/h6-7,10-11,14-15,30H,4-5,8-9,12-13H2,1-3H3,(H2,24,26,28)(H2,25,27,29). The highest BCUT2D eigenvalue weighted by atomic mass is 28.5. The summed E-state index contributed by atoms with van der Waals surface area (Å²) in [6.07, 6.45) is 4.00. The quantitative estimate of drug-likeness (QED) is 0.369. The summed E-state index contributed by atoms with van der Waals surface area (Å²) >= 11 is 0. The average Bonchev–Trinajstić information content (AvgIpc) is 2.88. The molecule has 4 bridgehead atoms. The molecule has 0 radical (unpaired) electrons. The summed E-state index contributed by atoms with van der Waals surface area (Å²) in [5, 5.41) is 11.0. The third kappa shape index (κ3) is 7.79. The number of fused-ring (bicyclic) bond motifs is 5. The van der Waals surface area contributed by atoms with Crippen molar-refractivity contribution < 1.29 is 31.8 Å². The smallest absolute Gasteiger partial charge is 0.390 e. The number of carbonyl (C=O) groups is 2. The molecule has 2 aromatic heterocycles. The summed E-state index contributed by atoms with van der Waals surface area (Å²) in [6.45, 7) is 0.602. The van der Waals surface area contributed by atoms with Crippen LogP contribution in [0.15, 0.2) is 36.7 Å². The third-order valence-electron chi connectivity index (χ3n) is 5.45. The van der Waals surface area contributed by atoms with Crippen LogP contribution in [0.1, 0.15) is 12.8 Å². The lowest BCUT2D eigenvalue weighted by molar-refractivity contribution is 0.0992. The van der Waals surface area contributed by atoms with Crippen molar-refractivity contribution in [1.82, 2.24) is 20.6 Å². The Morgan fingerprint density at radius 1 is 0.833 bits per heavy atom. The number of nitrogens with one attached hydrogen (secondary N) is 4. The largest absolute Gasteiger partial charge is 0.493 e. The fraction of sp³-hybridized carbons (Fsp3) is 0.429. The first-order valence-electron chi connectivity index (χ1n) is 11.4. The van der Waals surface area contributed by atoms with Crippen LogP contribution in [0.5, 0.6) is 0 Å². The first-order valence-corrected chi connectivity index (χ1v) is 15.3. The monoisotopic (exact) mass is 536 g/mol. The van der Waals surface area contributed by atoms with E-state index in [2.05, 4.69) is 31.2 Å². The maximum Gasteiger partial charge on any atom is 0.493 e. The number of amides is 4. The first kappa shape index (κ1) is 27.7. The zero-order valence-corrected chi connectivity index (χ0v) is 22.5. The fourth-order valence-electron chi connectivity index (χ4n) is 3.53. The van der Waals surface area contributed by atoms with Crippen LogP contribution in [0, 0.1) is 0 Å². The summed E-state index contributed by atoms with van der Waals surface area (Å²) < 4.78 is 22.5. The van der Waals surface area contributed by atoms with Gasteiger partial charge in [0.1, 0.15) is 0 Å². The van der Waals surface area contributed by atoms with Gasteiger partial charge < -0.3 is 43.5 Å². The average molecular weight is 537 g/mol. The molecule has 5 N–H and O–H groups in total. The number of urea groups is 2. The van der Waals surface area contributed by atoms with Gasteiger partial charge in [-0.15, -0.1) is 0 Å². The normalized spacial score (nSPS) is 21.7. The SMILES string of the molecule is CO[Si]1(O)CCCNC(=O)Nc2ccnc(c2)-c2cc(ccn2)NC(=O)NCCC[Si](OC)(OC)O1. The second kappa shape index (κ2) is 12.9. The van der Waals surface area contributed by atoms with Crippen LogP contribution in [0.25, 0.3) is 11.4 Å². The number of hydrogen-bond donors (Lipinski definition) is 5. The molecule has 0 aromatic carbocycles. The van der Waals surface area contributed by atoms with Crippen LogP contribution in [-0.4, -0.2) is 78.9 Å². The van der Waals surface area contributed by atoms with E-state index >= 15 is 0 Å². The maximum atomic E-state index is 12.4. The van der Waals surface area contributed by atoms with Crippen molar-refractivity contribution in [2.24, 2.45) is 0 Å². The van der Waals surface area contributed by atoms with E-state index in [1.54, 1.807) is 36.7 Å². The van der Waals surface area contributed by atoms with Gasteiger partial charge in [0.05, 0.1) is 11.4 Å². The van der Waals surface area contributed by atoms with E-state index in [0.29, 0.717) is 48.2 Å². The number of carbonyl (C=O) groups excluding carboxylic acids is 2. The molecule has 1 atom stereocenters. The number of nitrogens with zero attached hydrogens (tertiary/aromatic N) is 2. The van der Waals surface area contributed by atoms with Gasteiger partial charge >= 0.3 is 29.7 Å². The second-order valence-electron chi connectivity index (χ2n) is 7.94. The Labute approximate surface area is 211 Å². The van der Waals surface area contributed by atoms with Crippen molar-refractivity contribution in [3.63, 3.8) is 0 Å². The number of anilines is 2. The van der Waals surface area contributed by atoms with Gasteiger partial charge in [-0.25, -0.2) is 9.59 Å². The predicted octanol–water partition coefficient (Wildman–Crippen LogP) is 2.01. The van der Waals surface area contributed by atoms with Crippen molar-refractivity contribution >= 4 is 41.0 Å². The molecule has 3 rings (SSSR count). The van der Waals surface area contributed by atoms with E-state index in [1.807, 2.05) is 0 Å². The molecular weight excluding hydrogens is 504 g/mol. The minimum atomic E-state index is -3.65. The molecule has 4 amide bonds. The lowest BCUT2D eigenvalue weighted by atomic mass is 10.2. The van der Waals surface area contributed by atoms with Crippen LogP contribution in [0.3, 0.4) is 0 Å². The topological polar surface area (TPSA) is 165 Å². The molecule has 2 aromatic rings. The van der Waals surface area contributed by atoms with Crippen LogP contribution >= 0.6 is 0 Å². The Morgan fingerprint density at radius 2 is 1.33 bits per heavy atom. The Morgan fingerprint density at radius 3 is 1.81 bits per heavy atom. The molecule has 1 unspecified atom stereocenters. The summed E-state index contributed by atoms with van der Waals surface area (Å²) in [5.41, 5.74) is 2.10. The van der Waals surface area contributed by atoms with Crippen LogP contribution < -0.4 is 21.3 Å². The Hall–Kier alpha value is -2.93. The minimum Gasteiger partial charge on any atom is -0.390 e. The molecule has 0 spiro atoms. The van der Waals surface area contributed by atoms with Crippen LogP contribution in [0.4, 0.5) is 21.0 Å². The molecule has 15 heteroatoms. The van der Waals surface area contributed by atoms with Crippen LogP contribution in [-0.2, 0) is 17.4 Å². The molecule has 0 fully saturated rings. The van der Waals surface area contributed by atoms with E-state index in [4.69, 9.17) is 17.4 Å². The fourth-order valence-corrected chi connectivity index (χ4v) is 9.30. The van der Waals surface area contributed by atoms with E-state index in [1.165, 1.54) is 21.3 Å². The molecule has 13 nitrogen and oxygen atoms in total. The highest BCUT2D eigenvalue weighted by Crippen LogP contribution is 2.24. The number of aromatic nitrogens is 2. The third-order valence-corrected chi connectivity index (χ3v) is 11.8. The number of hydrogen-bond acceptors (Lipinski definition) is 9. The van der Waals surface area contributed by atoms with Gasteiger partial charge in [-0.2, -0.15) is 0 Å². The van der Waals surface area contributed by atoms with Crippen molar-refractivity contribution in [3.8, 4) is 11.4 Å². The molecule has 0 aliphatic carbocycles. The summed E-state index contributed by atoms with van der Waals surface area (Å²) in [7, 11) is -2.64. The van der Waals surface area contributed by atoms with Crippen molar-refractivity contribution in [2.45, 2.75) is 24.9 Å². The van der Waals surface area contributed by atoms with Gasteiger partial charge in [-0.05, 0) is 37.1 Å². The van der Waals surface area contributed by atoms with Gasteiger partial charge in [0, 0.05) is 70.3 Å². The molecule has 1 aliphatic rings. The minimum absolute atomic E-state index is 0.187. The van der Waals surface area contributed by atoms with E-state index < -0.39 is 29.7 Å². The first-order chi connectivity index (χ1) is 17.3.